The van der Waals surface area contributed by atoms with Crippen LogP contribution in [0, 0.1) is 0 Å². The van der Waals surface area contributed by atoms with Crippen molar-refractivity contribution in [2.75, 3.05) is 0 Å². The van der Waals surface area contributed by atoms with Crippen LogP contribution in [0.3, 0.4) is 0 Å². The Morgan fingerprint density at radius 3 is 2.35 bits per heavy atom. The zero-order valence-corrected chi connectivity index (χ0v) is 11.8. The van der Waals surface area contributed by atoms with E-state index in [9.17, 15) is 9.90 Å². The molecule has 0 saturated carbocycles. The molecule has 0 amide bonds. The minimum Gasteiger partial charge on any atom is -0.507 e. The van der Waals surface area contributed by atoms with Crippen molar-refractivity contribution >= 4 is 37.6 Å². The summed E-state index contributed by atoms with van der Waals surface area (Å²) in [6, 6.07) is 12.2. The molecule has 0 atom stereocenters. The van der Waals surface area contributed by atoms with Crippen LogP contribution in [0.5, 0.6) is 5.75 Å². The Balaban J connectivity index is 2.52. The summed E-state index contributed by atoms with van der Waals surface area (Å²) in [6.07, 6.45) is 0. The van der Waals surface area contributed by atoms with E-state index in [1.807, 2.05) is 6.07 Å². The van der Waals surface area contributed by atoms with Gasteiger partial charge in [0, 0.05) is 15.6 Å². The van der Waals surface area contributed by atoms with E-state index in [-0.39, 0.29) is 11.5 Å². The molecule has 0 fully saturated rings. The van der Waals surface area contributed by atoms with Crippen LogP contribution in [0.1, 0.15) is 15.9 Å². The summed E-state index contributed by atoms with van der Waals surface area (Å²) in [4.78, 5) is 12.2. The largest absolute Gasteiger partial charge is 0.507 e. The van der Waals surface area contributed by atoms with E-state index < -0.39 is 0 Å². The Morgan fingerprint density at radius 1 is 1.06 bits per heavy atom. The fraction of sp³-hybridized carbons (Fsp3) is 0. The second kappa shape index (κ2) is 5.02. The highest BCUT2D eigenvalue weighted by Crippen LogP contribution is 2.32. The first-order chi connectivity index (χ1) is 8.09. The molecule has 4 heteroatoms. The number of aromatic hydroxyl groups is 1. The standard InChI is InChI=1S/C13H8Br2O2/c14-9-6-10(12(15)11(16)7-9)13(17)8-4-2-1-3-5-8/h1-7,16H. The van der Waals surface area contributed by atoms with Crippen molar-refractivity contribution in [2.45, 2.75) is 0 Å². The third kappa shape index (κ3) is 2.58. The van der Waals surface area contributed by atoms with Gasteiger partial charge in [0.1, 0.15) is 5.75 Å². The van der Waals surface area contributed by atoms with Gasteiger partial charge in [-0.15, -0.1) is 0 Å². The van der Waals surface area contributed by atoms with Crippen molar-refractivity contribution in [3.8, 4) is 5.75 Å². The summed E-state index contributed by atoms with van der Waals surface area (Å²) in [6.45, 7) is 0. The number of rotatable bonds is 2. The first kappa shape index (κ1) is 12.3. The lowest BCUT2D eigenvalue weighted by Crippen LogP contribution is -2.02. The highest BCUT2D eigenvalue weighted by molar-refractivity contribution is 9.11. The van der Waals surface area contributed by atoms with Gasteiger partial charge >= 0.3 is 0 Å². The number of phenolic OH excluding ortho intramolecular Hbond substituents is 1. The fourth-order valence-electron chi connectivity index (χ4n) is 1.49. The van der Waals surface area contributed by atoms with Crippen LogP contribution < -0.4 is 0 Å². The average Bonchev–Trinajstić information content (AvgIpc) is 2.34. The molecule has 0 aliphatic heterocycles. The third-order valence-electron chi connectivity index (χ3n) is 2.30. The number of hydrogen-bond donors (Lipinski definition) is 1. The number of phenols is 1. The van der Waals surface area contributed by atoms with Gasteiger partial charge in [-0.1, -0.05) is 46.3 Å². The van der Waals surface area contributed by atoms with Gasteiger partial charge in [-0.25, -0.2) is 0 Å². The number of halogens is 2. The summed E-state index contributed by atoms with van der Waals surface area (Å²) >= 11 is 6.48. The molecule has 0 aliphatic rings. The van der Waals surface area contributed by atoms with Gasteiger partial charge in [-0.2, -0.15) is 0 Å². The van der Waals surface area contributed by atoms with Gasteiger partial charge in [-0.05, 0) is 28.1 Å². The summed E-state index contributed by atoms with van der Waals surface area (Å²) < 4.78 is 1.08. The molecule has 86 valence electrons. The molecule has 2 nitrogen and oxygen atoms in total. The van der Waals surface area contributed by atoms with E-state index in [0.29, 0.717) is 20.1 Å². The number of carbonyl (C=O) groups is 1. The maximum Gasteiger partial charge on any atom is 0.194 e. The van der Waals surface area contributed by atoms with E-state index in [0.717, 1.165) is 0 Å². The third-order valence-corrected chi connectivity index (χ3v) is 3.59. The lowest BCUT2D eigenvalue weighted by Gasteiger charge is -2.06. The predicted molar refractivity (Wildman–Crippen MR) is 73.4 cm³/mol. The molecule has 2 aromatic rings. The second-order valence-electron chi connectivity index (χ2n) is 3.48. The molecule has 17 heavy (non-hydrogen) atoms. The molecule has 2 rings (SSSR count). The van der Waals surface area contributed by atoms with Crippen LogP contribution in [0.15, 0.2) is 51.4 Å². The van der Waals surface area contributed by atoms with E-state index >= 15 is 0 Å². The van der Waals surface area contributed by atoms with Crippen LogP contribution in [0.25, 0.3) is 0 Å². The Bertz CT molecular complexity index is 565. The average molecular weight is 356 g/mol. The van der Waals surface area contributed by atoms with Gasteiger partial charge in [0.05, 0.1) is 4.47 Å². The second-order valence-corrected chi connectivity index (χ2v) is 5.19. The molecular formula is C13H8Br2O2. The molecule has 2 aromatic carbocycles. The van der Waals surface area contributed by atoms with Gasteiger partial charge in [0.2, 0.25) is 0 Å². The Labute approximate surface area is 116 Å². The van der Waals surface area contributed by atoms with Crippen molar-refractivity contribution in [3.63, 3.8) is 0 Å². The van der Waals surface area contributed by atoms with Crippen LogP contribution in [-0.4, -0.2) is 10.9 Å². The van der Waals surface area contributed by atoms with Gasteiger partial charge < -0.3 is 5.11 Å². The first-order valence-electron chi connectivity index (χ1n) is 4.87. The van der Waals surface area contributed by atoms with Crippen LogP contribution in [0.4, 0.5) is 0 Å². The first-order valence-corrected chi connectivity index (χ1v) is 6.46. The van der Waals surface area contributed by atoms with Crippen LogP contribution in [0.2, 0.25) is 0 Å². The van der Waals surface area contributed by atoms with E-state index in [1.165, 1.54) is 6.07 Å². The molecule has 0 spiro atoms. The maximum absolute atomic E-state index is 12.2. The van der Waals surface area contributed by atoms with Crippen molar-refractivity contribution in [2.24, 2.45) is 0 Å². The Kier molecular flexibility index (Phi) is 3.64. The number of hydrogen-bond acceptors (Lipinski definition) is 2. The highest BCUT2D eigenvalue weighted by Gasteiger charge is 2.15. The minimum absolute atomic E-state index is 0.0404. The molecular weight excluding hydrogens is 348 g/mol. The summed E-state index contributed by atoms with van der Waals surface area (Å²) in [5.41, 5.74) is 1.02. The van der Waals surface area contributed by atoms with Gasteiger partial charge in [0.15, 0.2) is 5.78 Å². The van der Waals surface area contributed by atoms with Crippen molar-refractivity contribution in [1.82, 2.24) is 0 Å². The Morgan fingerprint density at radius 2 is 1.71 bits per heavy atom. The fourth-order valence-corrected chi connectivity index (χ4v) is 2.34. The van der Waals surface area contributed by atoms with Crippen molar-refractivity contribution in [1.29, 1.82) is 0 Å². The van der Waals surface area contributed by atoms with Crippen molar-refractivity contribution in [3.05, 3.63) is 62.5 Å². The number of carbonyl (C=O) groups excluding carboxylic acids is 1. The molecule has 0 unspecified atom stereocenters. The topological polar surface area (TPSA) is 37.3 Å². The van der Waals surface area contributed by atoms with Crippen LogP contribution >= 0.6 is 31.9 Å². The molecule has 0 radical (unpaired) electrons. The monoisotopic (exact) mass is 354 g/mol. The molecule has 0 heterocycles. The molecule has 0 bridgehead atoms. The maximum atomic E-state index is 12.2. The Hall–Kier alpha value is -1.13. The van der Waals surface area contributed by atoms with E-state index in [2.05, 4.69) is 31.9 Å². The van der Waals surface area contributed by atoms with Crippen molar-refractivity contribution < 1.29 is 9.90 Å². The lowest BCUT2D eigenvalue weighted by atomic mass is 10.0. The summed E-state index contributed by atoms with van der Waals surface area (Å²) in [7, 11) is 0. The molecule has 0 aliphatic carbocycles. The smallest absolute Gasteiger partial charge is 0.194 e. The SMILES string of the molecule is O=C(c1ccccc1)c1cc(Br)cc(O)c1Br. The number of benzene rings is 2. The minimum atomic E-state index is -0.130. The summed E-state index contributed by atoms with van der Waals surface area (Å²) in [5.74, 6) is -0.0901. The number of ketones is 1. The zero-order chi connectivity index (χ0) is 12.4. The van der Waals surface area contributed by atoms with E-state index in [1.54, 1.807) is 30.3 Å². The highest BCUT2D eigenvalue weighted by atomic mass is 79.9. The quantitative estimate of drug-likeness (QED) is 0.821. The molecule has 0 aromatic heterocycles. The van der Waals surface area contributed by atoms with E-state index in [4.69, 9.17) is 0 Å². The zero-order valence-electron chi connectivity index (χ0n) is 8.65. The van der Waals surface area contributed by atoms with Crippen LogP contribution in [-0.2, 0) is 0 Å². The normalized spacial score (nSPS) is 10.2. The lowest BCUT2D eigenvalue weighted by molar-refractivity contribution is 0.103. The van der Waals surface area contributed by atoms with Gasteiger partial charge in [0.25, 0.3) is 0 Å². The van der Waals surface area contributed by atoms with Gasteiger partial charge in [-0.3, -0.25) is 4.79 Å². The summed E-state index contributed by atoms with van der Waals surface area (Å²) in [5, 5.41) is 9.65. The predicted octanol–water partition coefficient (Wildman–Crippen LogP) is 4.15. The molecule has 1 N–H and O–H groups in total. The molecule has 0 saturated heterocycles.